The number of halogens is 2. The number of esters is 1. The third kappa shape index (κ3) is 2.48. The fraction of sp³-hybridized carbons (Fsp3) is 0.333. The molecule has 1 aromatic rings. The van der Waals surface area contributed by atoms with Gasteiger partial charge in [-0.25, -0.2) is 8.78 Å². The summed E-state index contributed by atoms with van der Waals surface area (Å²) in [5, 5.41) is 0. The molecule has 1 atom stereocenters. The van der Waals surface area contributed by atoms with E-state index in [9.17, 15) is 18.4 Å². The topological polar surface area (TPSA) is 43.4 Å². The molecule has 0 heterocycles. The number of allylic oxidation sites excluding steroid dienone is 2. The van der Waals surface area contributed by atoms with Crippen LogP contribution < -0.4 is 0 Å². The Kier molecular flexibility index (Phi) is 3.70. The van der Waals surface area contributed by atoms with Gasteiger partial charge in [-0.3, -0.25) is 9.59 Å². The fourth-order valence-electron chi connectivity index (χ4n) is 2.22. The van der Waals surface area contributed by atoms with Gasteiger partial charge >= 0.3 is 5.97 Å². The first-order valence-corrected chi connectivity index (χ1v) is 6.25. The van der Waals surface area contributed by atoms with Crippen LogP contribution in [0.2, 0.25) is 0 Å². The highest BCUT2D eigenvalue weighted by molar-refractivity contribution is 6.16. The fourth-order valence-corrected chi connectivity index (χ4v) is 2.22. The molecular formula is C15H14F2O3. The van der Waals surface area contributed by atoms with Crippen molar-refractivity contribution in [2.24, 2.45) is 5.41 Å². The molecule has 20 heavy (non-hydrogen) atoms. The largest absolute Gasteiger partial charge is 0.465 e. The summed E-state index contributed by atoms with van der Waals surface area (Å²) in [7, 11) is 0. The van der Waals surface area contributed by atoms with Crippen molar-refractivity contribution in [2.45, 2.75) is 20.3 Å². The van der Waals surface area contributed by atoms with Gasteiger partial charge in [-0.2, -0.15) is 0 Å². The zero-order valence-electron chi connectivity index (χ0n) is 11.2. The molecule has 0 aromatic heterocycles. The summed E-state index contributed by atoms with van der Waals surface area (Å²) >= 11 is 0. The lowest BCUT2D eigenvalue weighted by Gasteiger charge is -2.20. The molecule has 5 heteroatoms. The smallest absolute Gasteiger partial charge is 0.320 e. The van der Waals surface area contributed by atoms with Crippen molar-refractivity contribution >= 4 is 17.3 Å². The molecule has 1 aliphatic rings. The highest BCUT2D eigenvalue weighted by atomic mass is 19.1. The Bertz CT molecular complexity index is 587. The van der Waals surface area contributed by atoms with E-state index < -0.39 is 28.8 Å². The van der Waals surface area contributed by atoms with E-state index in [4.69, 9.17) is 4.74 Å². The highest BCUT2D eigenvalue weighted by Crippen LogP contribution is 2.40. The molecule has 0 aliphatic heterocycles. The molecule has 0 saturated heterocycles. The molecule has 0 spiro atoms. The van der Waals surface area contributed by atoms with E-state index in [2.05, 4.69) is 0 Å². The summed E-state index contributed by atoms with van der Waals surface area (Å²) in [5.74, 6) is -2.47. The van der Waals surface area contributed by atoms with E-state index >= 15 is 0 Å². The van der Waals surface area contributed by atoms with Gasteiger partial charge in [-0.15, -0.1) is 0 Å². The molecule has 0 fully saturated rings. The summed E-state index contributed by atoms with van der Waals surface area (Å²) in [5.41, 5.74) is -0.610. The van der Waals surface area contributed by atoms with Crippen LogP contribution in [0.15, 0.2) is 24.3 Å². The molecule has 0 bridgehead atoms. The average Bonchev–Trinajstić information content (AvgIpc) is 2.66. The Labute approximate surface area is 115 Å². The van der Waals surface area contributed by atoms with Crippen molar-refractivity contribution in [1.82, 2.24) is 0 Å². The summed E-state index contributed by atoms with van der Waals surface area (Å²) < 4.78 is 31.3. The van der Waals surface area contributed by atoms with E-state index in [0.717, 1.165) is 18.2 Å². The van der Waals surface area contributed by atoms with E-state index in [-0.39, 0.29) is 18.6 Å². The first-order chi connectivity index (χ1) is 9.36. The maximum Gasteiger partial charge on any atom is 0.320 e. The van der Waals surface area contributed by atoms with Gasteiger partial charge in [0, 0.05) is 6.07 Å². The van der Waals surface area contributed by atoms with Crippen molar-refractivity contribution in [3.05, 3.63) is 41.5 Å². The molecule has 1 unspecified atom stereocenters. The van der Waals surface area contributed by atoms with Gasteiger partial charge in [0.1, 0.15) is 17.0 Å². The van der Waals surface area contributed by atoms with Crippen LogP contribution >= 0.6 is 0 Å². The molecule has 0 N–H and O–H groups in total. The average molecular weight is 280 g/mol. The lowest BCUT2D eigenvalue weighted by Crippen LogP contribution is -2.34. The van der Waals surface area contributed by atoms with Gasteiger partial charge in [-0.05, 0) is 49.6 Å². The molecule has 1 aliphatic carbocycles. The van der Waals surface area contributed by atoms with Crippen molar-refractivity contribution in [3.8, 4) is 0 Å². The maximum atomic E-state index is 13.2. The van der Waals surface area contributed by atoms with Crippen molar-refractivity contribution < 1.29 is 23.1 Å². The number of carbonyl (C=O) groups is 2. The predicted octanol–water partition coefficient (Wildman–Crippen LogP) is 2.89. The van der Waals surface area contributed by atoms with Gasteiger partial charge in [-0.1, -0.05) is 0 Å². The predicted molar refractivity (Wildman–Crippen MR) is 68.7 cm³/mol. The number of ether oxygens (including phenoxy) is 1. The van der Waals surface area contributed by atoms with Gasteiger partial charge < -0.3 is 4.74 Å². The van der Waals surface area contributed by atoms with Gasteiger partial charge in [0.2, 0.25) is 0 Å². The summed E-state index contributed by atoms with van der Waals surface area (Å²) in [6, 6.07) is 3.03. The quantitative estimate of drug-likeness (QED) is 0.631. The van der Waals surface area contributed by atoms with Crippen LogP contribution in [0, 0.1) is 17.0 Å². The van der Waals surface area contributed by atoms with Crippen molar-refractivity contribution in [1.29, 1.82) is 0 Å². The minimum Gasteiger partial charge on any atom is -0.465 e. The van der Waals surface area contributed by atoms with Crippen LogP contribution in [0.3, 0.4) is 0 Å². The van der Waals surface area contributed by atoms with Crippen molar-refractivity contribution in [3.63, 3.8) is 0 Å². The lowest BCUT2D eigenvalue weighted by molar-refractivity contribution is -0.156. The summed E-state index contributed by atoms with van der Waals surface area (Å²) in [4.78, 5) is 23.9. The minimum atomic E-state index is -1.31. The van der Waals surface area contributed by atoms with Crippen LogP contribution in [0.25, 0.3) is 5.57 Å². The number of benzene rings is 1. The van der Waals surface area contributed by atoms with Crippen LogP contribution in [0.1, 0.15) is 25.8 Å². The third-order valence-electron chi connectivity index (χ3n) is 3.35. The first kappa shape index (κ1) is 14.4. The zero-order valence-corrected chi connectivity index (χ0v) is 11.2. The molecular weight excluding hydrogens is 266 g/mol. The van der Waals surface area contributed by atoms with Crippen LogP contribution in [-0.4, -0.2) is 18.4 Å². The van der Waals surface area contributed by atoms with Gasteiger partial charge in [0.25, 0.3) is 0 Å². The number of hydrogen-bond acceptors (Lipinski definition) is 3. The number of carbonyl (C=O) groups excluding carboxylic acids is 2. The molecule has 2 rings (SSSR count). The zero-order chi connectivity index (χ0) is 14.9. The van der Waals surface area contributed by atoms with Crippen LogP contribution in [0.5, 0.6) is 0 Å². The monoisotopic (exact) mass is 280 g/mol. The second-order valence-electron chi connectivity index (χ2n) is 4.92. The lowest BCUT2D eigenvalue weighted by atomic mass is 9.85. The Morgan fingerprint density at radius 3 is 2.45 bits per heavy atom. The molecule has 1 aromatic carbocycles. The minimum absolute atomic E-state index is 0.0769. The van der Waals surface area contributed by atoms with E-state index in [0.29, 0.717) is 5.57 Å². The van der Waals surface area contributed by atoms with Gasteiger partial charge in [0.15, 0.2) is 5.78 Å². The Hall–Kier alpha value is -2.04. The Morgan fingerprint density at radius 2 is 1.90 bits per heavy atom. The standard InChI is InChI=1S/C15H14F2O3/c1-3-20-14(19)15(2)8-10(6-13(15)18)9-4-11(16)7-12(17)5-9/h4-7H,3,8H2,1-2H3. The van der Waals surface area contributed by atoms with E-state index in [1.54, 1.807) is 6.92 Å². The van der Waals surface area contributed by atoms with E-state index in [1.807, 2.05) is 0 Å². The second-order valence-corrected chi connectivity index (χ2v) is 4.92. The second kappa shape index (κ2) is 5.15. The van der Waals surface area contributed by atoms with E-state index in [1.165, 1.54) is 13.0 Å². The SMILES string of the molecule is CCOC(=O)C1(C)CC(c2cc(F)cc(F)c2)=CC1=O. The number of rotatable bonds is 3. The third-order valence-corrected chi connectivity index (χ3v) is 3.35. The first-order valence-electron chi connectivity index (χ1n) is 6.25. The van der Waals surface area contributed by atoms with Crippen LogP contribution in [0.4, 0.5) is 8.78 Å². The maximum absolute atomic E-state index is 13.2. The molecule has 0 radical (unpaired) electrons. The normalized spacial score (nSPS) is 21.8. The number of hydrogen-bond donors (Lipinski definition) is 0. The van der Waals surface area contributed by atoms with Crippen LogP contribution in [-0.2, 0) is 14.3 Å². The molecule has 3 nitrogen and oxygen atoms in total. The Balaban J connectivity index is 2.31. The van der Waals surface area contributed by atoms with Gasteiger partial charge in [0.05, 0.1) is 6.61 Å². The summed E-state index contributed by atoms with van der Waals surface area (Å²) in [6.45, 7) is 3.30. The molecule has 0 saturated carbocycles. The molecule has 0 amide bonds. The molecule has 106 valence electrons. The highest BCUT2D eigenvalue weighted by Gasteiger charge is 2.46. The Morgan fingerprint density at radius 1 is 1.30 bits per heavy atom. The number of ketones is 1. The summed E-state index contributed by atoms with van der Waals surface area (Å²) in [6.07, 6.45) is 1.33. The van der Waals surface area contributed by atoms with Crippen molar-refractivity contribution in [2.75, 3.05) is 6.61 Å².